The number of hydrogen-bond acceptors (Lipinski definition) is 3. The van der Waals surface area contributed by atoms with Gasteiger partial charge in [-0.2, -0.15) is 0 Å². The standard InChI is InChI=1S/C19H21NO3/c1-13-7-4-5-9-15(13)20-17(21)12-22-16-10-6-8-14-11-19(2,3)23-18(14)16/h4-10H,11-12H2,1-3H3,(H,20,21). The van der Waals surface area contributed by atoms with Crippen LogP contribution in [0.5, 0.6) is 11.5 Å². The van der Waals surface area contributed by atoms with Crippen LogP contribution in [-0.4, -0.2) is 18.1 Å². The largest absolute Gasteiger partial charge is 0.483 e. The lowest BCUT2D eigenvalue weighted by atomic mass is 10.0. The number of ether oxygens (including phenoxy) is 2. The van der Waals surface area contributed by atoms with Crippen LogP contribution in [0, 0.1) is 6.92 Å². The number of benzene rings is 2. The van der Waals surface area contributed by atoms with E-state index >= 15 is 0 Å². The number of aryl methyl sites for hydroxylation is 1. The van der Waals surface area contributed by atoms with Gasteiger partial charge in [-0.25, -0.2) is 0 Å². The van der Waals surface area contributed by atoms with E-state index in [1.54, 1.807) is 0 Å². The van der Waals surface area contributed by atoms with Gasteiger partial charge in [0.25, 0.3) is 5.91 Å². The van der Waals surface area contributed by atoms with Crippen molar-refractivity contribution in [3.8, 4) is 11.5 Å². The smallest absolute Gasteiger partial charge is 0.262 e. The summed E-state index contributed by atoms with van der Waals surface area (Å²) in [4.78, 5) is 12.1. The molecule has 0 unspecified atom stereocenters. The van der Waals surface area contributed by atoms with Gasteiger partial charge in [-0.1, -0.05) is 30.3 Å². The maximum Gasteiger partial charge on any atom is 0.262 e. The van der Waals surface area contributed by atoms with Gasteiger partial charge < -0.3 is 14.8 Å². The van der Waals surface area contributed by atoms with Gasteiger partial charge >= 0.3 is 0 Å². The van der Waals surface area contributed by atoms with Gasteiger partial charge in [0.15, 0.2) is 18.1 Å². The van der Waals surface area contributed by atoms with E-state index in [0.717, 1.165) is 29.0 Å². The number of carbonyl (C=O) groups excluding carboxylic acids is 1. The topological polar surface area (TPSA) is 47.6 Å². The van der Waals surface area contributed by atoms with Crippen molar-refractivity contribution in [1.29, 1.82) is 0 Å². The van der Waals surface area contributed by atoms with Crippen LogP contribution in [-0.2, 0) is 11.2 Å². The number of fused-ring (bicyclic) bond motifs is 1. The molecule has 0 atom stereocenters. The normalized spacial score (nSPS) is 14.7. The lowest BCUT2D eigenvalue weighted by Gasteiger charge is -2.18. The second kappa shape index (κ2) is 5.95. The third kappa shape index (κ3) is 3.47. The van der Waals surface area contributed by atoms with Crippen LogP contribution in [0.2, 0.25) is 0 Å². The molecule has 120 valence electrons. The van der Waals surface area contributed by atoms with Gasteiger partial charge in [-0.3, -0.25) is 4.79 Å². The van der Waals surface area contributed by atoms with E-state index in [1.807, 2.05) is 63.2 Å². The molecule has 3 rings (SSSR count). The molecule has 0 saturated heterocycles. The number of carbonyl (C=O) groups is 1. The van der Waals surface area contributed by atoms with Crippen LogP contribution >= 0.6 is 0 Å². The summed E-state index contributed by atoms with van der Waals surface area (Å²) in [5.74, 6) is 1.18. The summed E-state index contributed by atoms with van der Waals surface area (Å²) in [6.07, 6.45) is 0.842. The van der Waals surface area contributed by atoms with Crippen LogP contribution < -0.4 is 14.8 Å². The van der Waals surface area contributed by atoms with Crippen molar-refractivity contribution in [3.05, 3.63) is 53.6 Å². The zero-order chi connectivity index (χ0) is 16.4. The van der Waals surface area contributed by atoms with Crippen LogP contribution in [0.15, 0.2) is 42.5 Å². The highest BCUT2D eigenvalue weighted by atomic mass is 16.5. The molecule has 23 heavy (non-hydrogen) atoms. The molecule has 0 aliphatic carbocycles. The Labute approximate surface area is 136 Å². The third-order valence-electron chi connectivity index (χ3n) is 3.83. The Hall–Kier alpha value is -2.49. The van der Waals surface area contributed by atoms with Crippen LogP contribution in [0.3, 0.4) is 0 Å². The van der Waals surface area contributed by atoms with Crippen molar-refractivity contribution in [2.24, 2.45) is 0 Å². The predicted octanol–water partition coefficient (Wildman–Crippen LogP) is 3.73. The summed E-state index contributed by atoms with van der Waals surface area (Å²) < 4.78 is 11.6. The summed E-state index contributed by atoms with van der Waals surface area (Å²) in [6.45, 7) is 5.99. The van der Waals surface area contributed by atoms with Crippen molar-refractivity contribution >= 4 is 11.6 Å². The fourth-order valence-corrected chi connectivity index (χ4v) is 2.74. The molecule has 1 N–H and O–H groups in total. The minimum absolute atomic E-state index is 0.0470. The molecule has 0 saturated carbocycles. The first-order valence-corrected chi connectivity index (χ1v) is 7.74. The molecule has 0 bridgehead atoms. The van der Waals surface area contributed by atoms with Crippen molar-refractivity contribution in [3.63, 3.8) is 0 Å². The molecule has 1 aliphatic rings. The summed E-state index contributed by atoms with van der Waals surface area (Å²) >= 11 is 0. The second-order valence-electron chi connectivity index (χ2n) is 6.43. The molecule has 4 heteroatoms. The monoisotopic (exact) mass is 311 g/mol. The van der Waals surface area contributed by atoms with E-state index in [2.05, 4.69) is 5.32 Å². The molecular weight excluding hydrogens is 290 g/mol. The lowest BCUT2D eigenvalue weighted by molar-refractivity contribution is -0.118. The highest BCUT2D eigenvalue weighted by Crippen LogP contribution is 2.41. The summed E-state index contributed by atoms with van der Waals surface area (Å²) in [6, 6.07) is 13.5. The number of rotatable bonds is 4. The Bertz CT molecular complexity index is 737. The fraction of sp³-hybridized carbons (Fsp3) is 0.316. The zero-order valence-electron chi connectivity index (χ0n) is 13.7. The van der Waals surface area contributed by atoms with Gasteiger partial charge in [-0.05, 0) is 38.5 Å². The van der Waals surface area contributed by atoms with Crippen LogP contribution in [0.4, 0.5) is 5.69 Å². The molecule has 1 amide bonds. The first-order valence-electron chi connectivity index (χ1n) is 7.74. The Kier molecular flexibility index (Phi) is 3.99. The number of para-hydroxylation sites is 2. The number of amides is 1. The first kappa shape index (κ1) is 15.4. The van der Waals surface area contributed by atoms with Gasteiger partial charge in [-0.15, -0.1) is 0 Å². The maximum absolute atomic E-state index is 12.1. The summed E-state index contributed by atoms with van der Waals surface area (Å²) in [5, 5.41) is 2.86. The lowest BCUT2D eigenvalue weighted by Crippen LogP contribution is -2.25. The van der Waals surface area contributed by atoms with Crippen LogP contribution in [0.1, 0.15) is 25.0 Å². The fourth-order valence-electron chi connectivity index (χ4n) is 2.74. The molecule has 4 nitrogen and oxygen atoms in total. The minimum Gasteiger partial charge on any atom is -0.483 e. The van der Waals surface area contributed by atoms with E-state index < -0.39 is 0 Å². The molecule has 0 spiro atoms. The molecule has 1 aliphatic heterocycles. The molecule has 2 aromatic rings. The molecular formula is C19H21NO3. The number of hydrogen-bond donors (Lipinski definition) is 1. The van der Waals surface area contributed by atoms with E-state index in [-0.39, 0.29) is 18.1 Å². The Morgan fingerprint density at radius 1 is 1.22 bits per heavy atom. The Morgan fingerprint density at radius 2 is 2.00 bits per heavy atom. The quantitative estimate of drug-likeness (QED) is 0.936. The highest BCUT2D eigenvalue weighted by Gasteiger charge is 2.32. The Balaban J connectivity index is 1.65. The predicted molar refractivity (Wildman–Crippen MR) is 90.2 cm³/mol. The highest BCUT2D eigenvalue weighted by molar-refractivity contribution is 5.92. The Morgan fingerprint density at radius 3 is 2.78 bits per heavy atom. The maximum atomic E-state index is 12.1. The average Bonchev–Trinajstić information content (AvgIpc) is 2.82. The third-order valence-corrected chi connectivity index (χ3v) is 3.83. The second-order valence-corrected chi connectivity index (χ2v) is 6.43. The van der Waals surface area contributed by atoms with Gasteiger partial charge in [0.05, 0.1) is 0 Å². The molecule has 1 heterocycles. The number of anilines is 1. The van der Waals surface area contributed by atoms with E-state index in [0.29, 0.717) is 5.75 Å². The molecule has 0 aromatic heterocycles. The first-order chi connectivity index (χ1) is 10.9. The van der Waals surface area contributed by atoms with Gasteiger partial charge in [0.2, 0.25) is 0 Å². The van der Waals surface area contributed by atoms with Crippen molar-refractivity contribution in [1.82, 2.24) is 0 Å². The number of nitrogens with one attached hydrogen (secondary N) is 1. The summed E-state index contributed by atoms with van der Waals surface area (Å²) in [7, 11) is 0. The van der Waals surface area contributed by atoms with E-state index in [9.17, 15) is 4.79 Å². The van der Waals surface area contributed by atoms with E-state index in [1.165, 1.54) is 0 Å². The van der Waals surface area contributed by atoms with Crippen molar-refractivity contribution in [2.75, 3.05) is 11.9 Å². The van der Waals surface area contributed by atoms with Gasteiger partial charge in [0, 0.05) is 17.7 Å². The molecule has 0 fully saturated rings. The average molecular weight is 311 g/mol. The summed E-state index contributed by atoms with van der Waals surface area (Å²) in [5.41, 5.74) is 2.71. The van der Waals surface area contributed by atoms with Crippen molar-refractivity contribution < 1.29 is 14.3 Å². The van der Waals surface area contributed by atoms with Crippen molar-refractivity contribution in [2.45, 2.75) is 32.8 Å². The molecule has 0 radical (unpaired) electrons. The minimum atomic E-state index is -0.231. The van der Waals surface area contributed by atoms with Gasteiger partial charge in [0.1, 0.15) is 5.60 Å². The van der Waals surface area contributed by atoms with E-state index in [4.69, 9.17) is 9.47 Å². The SMILES string of the molecule is Cc1ccccc1NC(=O)COc1cccc2c1OC(C)(C)C2. The zero-order valence-corrected chi connectivity index (χ0v) is 13.7. The molecule has 2 aromatic carbocycles. The van der Waals surface area contributed by atoms with Crippen LogP contribution in [0.25, 0.3) is 0 Å².